The molecule has 4 aromatic rings. The number of para-hydroxylation sites is 1. The minimum atomic E-state index is -0.354. The van der Waals surface area contributed by atoms with E-state index in [0.29, 0.717) is 28.0 Å². The zero-order valence-electron chi connectivity index (χ0n) is 14.2. The molecule has 0 atom stereocenters. The van der Waals surface area contributed by atoms with Crippen molar-refractivity contribution in [2.45, 2.75) is 0 Å². The van der Waals surface area contributed by atoms with Crippen molar-refractivity contribution in [3.63, 3.8) is 0 Å². The van der Waals surface area contributed by atoms with Crippen molar-refractivity contribution in [1.82, 2.24) is 9.55 Å². The Morgan fingerprint density at radius 3 is 2.37 bits per heavy atom. The Morgan fingerprint density at radius 2 is 1.59 bits per heavy atom. The molecule has 0 aliphatic rings. The molecular formula is C22H15FN2O2. The Bertz CT molecular complexity index is 1210. The second-order valence-electron chi connectivity index (χ2n) is 6.00. The standard InChI is InChI=1S/C22H15FN2O2/c23-19-7-3-1-5-15(19)9-14-21-24-20-8-4-2-6-18(20)22(27)25(21)16-10-12-17(26)13-11-16/h1-14,26H/b14-9-. The van der Waals surface area contributed by atoms with E-state index in [4.69, 9.17) is 0 Å². The molecule has 0 aliphatic carbocycles. The molecule has 0 unspecified atom stereocenters. The highest BCUT2D eigenvalue weighted by Gasteiger charge is 2.11. The molecule has 132 valence electrons. The van der Waals surface area contributed by atoms with Crippen molar-refractivity contribution in [1.29, 1.82) is 0 Å². The average molecular weight is 358 g/mol. The second-order valence-corrected chi connectivity index (χ2v) is 6.00. The van der Waals surface area contributed by atoms with Crippen LogP contribution in [0.5, 0.6) is 5.75 Å². The molecule has 27 heavy (non-hydrogen) atoms. The molecule has 4 nitrogen and oxygen atoms in total. The van der Waals surface area contributed by atoms with Gasteiger partial charge in [0.25, 0.3) is 5.56 Å². The zero-order valence-corrected chi connectivity index (χ0v) is 14.2. The van der Waals surface area contributed by atoms with Crippen LogP contribution in [0.4, 0.5) is 4.39 Å². The third-order valence-electron chi connectivity index (χ3n) is 4.23. The molecule has 1 N–H and O–H groups in total. The number of halogens is 1. The second kappa shape index (κ2) is 6.88. The average Bonchev–Trinajstić information content (AvgIpc) is 2.69. The first-order chi connectivity index (χ1) is 13.1. The number of benzene rings is 3. The minimum Gasteiger partial charge on any atom is -0.508 e. The van der Waals surface area contributed by atoms with E-state index in [-0.39, 0.29) is 17.1 Å². The predicted molar refractivity (Wildman–Crippen MR) is 104 cm³/mol. The van der Waals surface area contributed by atoms with Crippen LogP contribution in [-0.2, 0) is 0 Å². The summed E-state index contributed by atoms with van der Waals surface area (Å²) in [4.78, 5) is 17.6. The normalized spacial score (nSPS) is 11.3. The van der Waals surface area contributed by atoms with Gasteiger partial charge in [-0.05, 0) is 54.6 Å². The number of hydrogen-bond acceptors (Lipinski definition) is 3. The molecule has 0 spiro atoms. The zero-order chi connectivity index (χ0) is 18.8. The SMILES string of the molecule is O=c1c2ccccc2nc(/C=C\c2ccccc2F)n1-c1ccc(O)cc1. The lowest BCUT2D eigenvalue weighted by atomic mass is 10.2. The van der Waals surface area contributed by atoms with Crippen molar-refractivity contribution in [2.24, 2.45) is 0 Å². The minimum absolute atomic E-state index is 0.101. The van der Waals surface area contributed by atoms with Gasteiger partial charge in [0.2, 0.25) is 0 Å². The van der Waals surface area contributed by atoms with Crippen LogP contribution in [0.15, 0.2) is 77.6 Å². The van der Waals surface area contributed by atoms with Crippen LogP contribution in [0.25, 0.3) is 28.7 Å². The summed E-state index contributed by atoms with van der Waals surface area (Å²) < 4.78 is 15.4. The third kappa shape index (κ3) is 3.22. The summed E-state index contributed by atoms with van der Waals surface area (Å²) in [6.45, 7) is 0. The number of hydrogen-bond donors (Lipinski definition) is 1. The summed E-state index contributed by atoms with van der Waals surface area (Å²) in [6.07, 6.45) is 3.20. The lowest BCUT2D eigenvalue weighted by Crippen LogP contribution is -2.22. The first kappa shape index (κ1) is 16.7. The van der Waals surface area contributed by atoms with Gasteiger partial charge in [-0.15, -0.1) is 0 Å². The highest BCUT2D eigenvalue weighted by atomic mass is 19.1. The van der Waals surface area contributed by atoms with Gasteiger partial charge in [-0.3, -0.25) is 9.36 Å². The summed E-state index contributed by atoms with van der Waals surface area (Å²) >= 11 is 0. The lowest BCUT2D eigenvalue weighted by molar-refractivity contribution is 0.475. The molecule has 0 saturated heterocycles. The highest BCUT2D eigenvalue weighted by molar-refractivity contribution is 5.80. The molecular weight excluding hydrogens is 343 g/mol. The van der Waals surface area contributed by atoms with Crippen molar-refractivity contribution in [2.75, 3.05) is 0 Å². The maximum Gasteiger partial charge on any atom is 0.266 e. The van der Waals surface area contributed by atoms with Crippen LogP contribution >= 0.6 is 0 Å². The van der Waals surface area contributed by atoms with Gasteiger partial charge in [-0.25, -0.2) is 9.37 Å². The van der Waals surface area contributed by atoms with Gasteiger partial charge in [0.1, 0.15) is 17.4 Å². The van der Waals surface area contributed by atoms with Crippen LogP contribution in [0, 0.1) is 5.82 Å². The quantitative estimate of drug-likeness (QED) is 0.590. The fourth-order valence-electron chi connectivity index (χ4n) is 2.89. The van der Waals surface area contributed by atoms with Crippen LogP contribution < -0.4 is 5.56 Å². The summed E-state index contributed by atoms with van der Waals surface area (Å²) in [5.41, 5.74) is 1.28. The summed E-state index contributed by atoms with van der Waals surface area (Å²) in [5.74, 6) is 0.115. The number of phenols is 1. The Kier molecular flexibility index (Phi) is 4.26. The molecule has 0 saturated carbocycles. The van der Waals surface area contributed by atoms with Gasteiger partial charge in [0.05, 0.1) is 16.6 Å². The van der Waals surface area contributed by atoms with Crippen molar-refractivity contribution in [3.8, 4) is 11.4 Å². The number of aromatic nitrogens is 2. The van der Waals surface area contributed by atoms with E-state index in [2.05, 4.69) is 4.98 Å². The number of nitrogens with zero attached hydrogens (tertiary/aromatic N) is 2. The molecule has 0 radical (unpaired) electrons. The van der Waals surface area contributed by atoms with E-state index in [1.165, 1.54) is 22.8 Å². The molecule has 0 bridgehead atoms. The number of rotatable bonds is 3. The van der Waals surface area contributed by atoms with Gasteiger partial charge in [0.15, 0.2) is 0 Å². The van der Waals surface area contributed by atoms with Crippen molar-refractivity contribution in [3.05, 3.63) is 100 Å². The van der Waals surface area contributed by atoms with E-state index >= 15 is 0 Å². The van der Waals surface area contributed by atoms with Crippen LogP contribution in [0.3, 0.4) is 0 Å². The lowest BCUT2D eigenvalue weighted by Gasteiger charge is -2.11. The molecule has 4 rings (SSSR count). The maximum atomic E-state index is 13.9. The number of phenolic OH excluding ortho intramolecular Hbond substituents is 1. The monoisotopic (exact) mass is 358 g/mol. The van der Waals surface area contributed by atoms with Crippen LogP contribution in [0.1, 0.15) is 11.4 Å². The van der Waals surface area contributed by atoms with Crippen molar-refractivity contribution < 1.29 is 9.50 Å². The molecule has 3 aromatic carbocycles. The Balaban J connectivity index is 1.95. The van der Waals surface area contributed by atoms with Gasteiger partial charge >= 0.3 is 0 Å². The summed E-state index contributed by atoms with van der Waals surface area (Å²) in [6, 6.07) is 19.7. The van der Waals surface area contributed by atoms with E-state index in [0.717, 1.165) is 0 Å². The van der Waals surface area contributed by atoms with Gasteiger partial charge < -0.3 is 5.11 Å². The fraction of sp³-hybridized carbons (Fsp3) is 0. The molecule has 1 heterocycles. The molecule has 1 aromatic heterocycles. The summed E-state index contributed by atoms with van der Waals surface area (Å²) in [5, 5.41) is 10.0. The van der Waals surface area contributed by atoms with Crippen LogP contribution in [0.2, 0.25) is 0 Å². The van der Waals surface area contributed by atoms with Crippen LogP contribution in [-0.4, -0.2) is 14.7 Å². The van der Waals surface area contributed by atoms with E-state index in [9.17, 15) is 14.3 Å². The first-order valence-electron chi connectivity index (χ1n) is 8.37. The summed E-state index contributed by atoms with van der Waals surface area (Å²) in [7, 11) is 0. The maximum absolute atomic E-state index is 13.9. The molecule has 0 fully saturated rings. The van der Waals surface area contributed by atoms with E-state index in [1.54, 1.807) is 60.7 Å². The number of fused-ring (bicyclic) bond motifs is 1. The highest BCUT2D eigenvalue weighted by Crippen LogP contribution is 2.18. The number of aromatic hydroxyl groups is 1. The largest absolute Gasteiger partial charge is 0.508 e. The smallest absolute Gasteiger partial charge is 0.266 e. The third-order valence-corrected chi connectivity index (χ3v) is 4.23. The fourth-order valence-corrected chi connectivity index (χ4v) is 2.89. The van der Waals surface area contributed by atoms with Gasteiger partial charge in [0, 0.05) is 5.56 Å². The predicted octanol–water partition coefficient (Wildman–Crippen LogP) is 4.40. The molecule has 0 amide bonds. The first-order valence-corrected chi connectivity index (χ1v) is 8.37. The molecule has 5 heteroatoms. The topological polar surface area (TPSA) is 55.1 Å². The van der Waals surface area contributed by atoms with Crippen molar-refractivity contribution >= 4 is 23.1 Å². The van der Waals surface area contributed by atoms with E-state index in [1.807, 2.05) is 6.07 Å². The Morgan fingerprint density at radius 1 is 0.889 bits per heavy atom. The van der Waals surface area contributed by atoms with E-state index < -0.39 is 0 Å². The molecule has 0 aliphatic heterocycles. The Hall–Kier alpha value is -3.73. The van der Waals surface area contributed by atoms with Gasteiger partial charge in [-0.2, -0.15) is 0 Å². The van der Waals surface area contributed by atoms with Gasteiger partial charge in [-0.1, -0.05) is 30.3 Å². The Labute approximate surface area is 154 Å².